The van der Waals surface area contributed by atoms with Crippen molar-refractivity contribution < 1.29 is 9.94 Å². The van der Waals surface area contributed by atoms with Gasteiger partial charge in [-0.1, -0.05) is 18.2 Å². The molecule has 0 radical (unpaired) electrons. The topological polar surface area (TPSA) is 41.5 Å². The number of aliphatic hydroxyl groups excluding tert-OH is 1. The average Bonchev–Trinajstić information content (AvgIpc) is 2.25. The predicted molar refractivity (Wildman–Crippen MR) is 60.4 cm³/mol. The highest BCUT2D eigenvalue weighted by Crippen LogP contribution is 2.07. The Balaban J connectivity index is 2.32. The number of rotatable bonds is 6. The molecule has 0 aliphatic carbocycles. The molecule has 78 valence electrons. The van der Waals surface area contributed by atoms with Gasteiger partial charge < -0.3 is 5.11 Å². The number of hydrogen-bond donors (Lipinski definition) is 2. The summed E-state index contributed by atoms with van der Waals surface area (Å²) in [7, 11) is 0. The SMILES string of the molecule is CSC[C@H](CO)ONc1ccccc1. The van der Waals surface area contributed by atoms with E-state index in [9.17, 15) is 0 Å². The lowest BCUT2D eigenvalue weighted by molar-refractivity contribution is 0.0636. The van der Waals surface area contributed by atoms with Crippen molar-refractivity contribution in [3.8, 4) is 0 Å². The summed E-state index contributed by atoms with van der Waals surface area (Å²) in [6.45, 7) is 0.0284. The third-order valence-corrected chi connectivity index (χ3v) is 2.38. The van der Waals surface area contributed by atoms with Crippen LogP contribution in [0.3, 0.4) is 0 Å². The van der Waals surface area contributed by atoms with E-state index < -0.39 is 0 Å². The first-order valence-corrected chi connectivity index (χ1v) is 5.82. The Kier molecular flexibility index (Phi) is 5.44. The molecule has 0 aromatic heterocycles. The van der Waals surface area contributed by atoms with Gasteiger partial charge in [-0.2, -0.15) is 11.8 Å². The lowest BCUT2D eigenvalue weighted by Gasteiger charge is -2.14. The molecule has 0 saturated carbocycles. The van der Waals surface area contributed by atoms with E-state index >= 15 is 0 Å². The van der Waals surface area contributed by atoms with Gasteiger partial charge in [0.25, 0.3) is 0 Å². The average molecular weight is 213 g/mol. The molecule has 0 amide bonds. The minimum absolute atomic E-state index is 0.0284. The molecule has 4 heteroatoms. The lowest BCUT2D eigenvalue weighted by Crippen LogP contribution is -2.23. The molecule has 0 aliphatic rings. The van der Waals surface area contributed by atoms with E-state index in [0.717, 1.165) is 11.4 Å². The summed E-state index contributed by atoms with van der Waals surface area (Å²) in [5.41, 5.74) is 3.70. The van der Waals surface area contributed by atoms with E-state index in [1.54, 1.807) is 11.8 Å². The zero-order valence-corrected chi connectivity index (χ0v) is 8.96. The predicted octanol–water partition coefficient (Wildman–Crippen LogP) is 1.75. The first-order valence-electron chi connectivity index (χ1n) is 4.43. The number of aliphatic hydroxyl groups is 1. The first-order chi connectivity index (χ1) is 6.86. The fraction of sp³-hybridized carbons (Fsp3) is 0.400. The molecule has 2 N–H and O–H groups in total. The van der Waals surface area contributed by atoms with Crippen LogP contribution in [0.1, 0.15) is 0 Å². The Morgan fingerprint density at radius 2 is 2.14 bits per heavy atom. The Bertz CT molecular complexity index is 243. The Hall–Kier alpha value is -0.710. The molecule has 1 atom stereocenters. The second-order valence-corrected chi connectivity index (χ2v) is 3.76. The summed E-state index contributed by atoms with van der Waals surface area (Å²) in [6.07, 6.45) is 1.82. The van der Waals surface area contributed by atoms with Crippen LogP contribution in [0.5, 0.6) is 0 Å². The molecule has 0 unspecified atom stereocenters. The maximum Gasteiger partial charge on any atom is 0.117 e. The molecule has 1 aromatic rings. The normalized spacial score (nSPS) is 12.4. The van der Waals surface area contributed by atoms with Crippen LogP contribution in [0, 0.1) is 0 Å². The Morgan fingerprint density at radius 1 is 1.43 bits per heavy atom. The summed E-state index contributed by atoms with van der Waals surface area (Å²) < 4.78 is 0. The quantitative estimate of drug-likeness (QED) is 0.706. The van der Waals surface area contributed by atoms with Crippen molar-refractivity contribution in [1.29, 1.82) is 0 Å². The summed E-state index contributed by atoms with van der Waals surface area (Å²) in [4.78, 5) is 5.30. The minimum atomic E-state index is -0.162. The van der Waals surface area contributed by atoms with Crippen molar-refractivity contribution in [2.24, 2.45) is 0 Å². The van der Waals surface area contributed by atoms with E-state index in [0.29, 0.717) is 0 Å². The molecule has 0 aliphatic heterocycles. The van der Waals surface area contributed by atoms with E-state index in [2.05, 4.69) is 5.48 Å². The molecule has 0 saturated heterocycles. The van der Waals surface area contributed by atoms with Crippen LogP contribution >= 0.6 is 11.8 Å². The third kappa shape index (κ3) is 4.00. The molecular formula is C10H15NO2S. The van der Waals surface area contributed by atoms with Crippen LogP contribution in [0.4, 0.5) is 5.69 Å². The number of nitrogens with one attached hydrogen (secondary N) is 1. The molecule has 0 spiro atoms. The van der Waals surface area contributed by atoms with Crippen molar-refractivity contribution in [2.75, 3.05) is 24.1 Å². The van der Waals surface area contributed by atoms with E-state index in [1.165, 1.54) is 0 Å². The van der Waals surface area contributed by atoms with Gasteiger partial charge in [0, 0.05) is 5.75 Å². The number of hydrogen-bond acceptors (Lipinski definition) is 4. The van der Waals surface area contributed by atoms with Gasteiger partial charge in [0.1, 0.15) is 6.10 Å². The molecular weight excluding hydrogens is 198 g/mol. The van der Waals surface area contributed by atoms with E-state index in [-0.39, 0.29) is 12.7 Å². The Labute approximate surface area is 88.4 Å². The van der Waals surface area contributed by atoms with Crippen LogP contribution in [-0.2, 0) is 4.84 Å². The summed E-state index contributed by atoms with van der Waals surface area (Å²) in [5, 5.41) is 8.96. The molecule has 1 aromatic carbocycles. The van der Waals surface area contributed by atoms with Gasteiger partial charge >= 0.3 is 0 Å². The summed E-state index contributed by atoms with van der Waals surface area (Å²) in [6, 6.07) is 9.61. The van der Waals surface area contributed by atoms with Gasteiger partial charge in [0.05, 0.1) is 12.3 Å². The maximum atomic E-state index is 8.96. The van der Waals surface area contributed by atoms with Gasteiger partial charge in [-0.25, -0.2) is 0 Å². The lowest BCUT2D eigenvalue weighted by atomic mass is 10.3. The molecule has 3 nitrogen and oxygen atoms in total. The van der Waals surface area contributed by atoms with Crippen molar-refractivity contribution in [1.82, 2.24) is 0 Å². The maximum absolute atomic E-state index is 8.96. The van der Waals surface area contributed by atoms with Gasteiger partial charge in [0.2, 0.25) is 0 Å². The second kappa shape index (κ2) is 6.70. The standard InChI is InChI=1S/C10H15NO2S/c1-14-8-10(7-12)13-11-9-5-3-2-4-6-9/h2-6,10-12H,7-8H2,1H3/t10-/m0/s1. The summed E-state index contributed by atoms with van der Waals surface area (Å²) >= 11 is 1.64. The van der Waals surface area contributed by atoms with Crippen molar-refractivity contribution in [3.05, 3.63) is 30.3 Å². The largest absolute Gasteiger partial charge is 0.394 e. The van der Waals surface area contributed by atoms with Gasteiger partial charge in [-0.05, 0) is 18.4 Å². The highest BCUT2D eigenvalue weighted by atomic mass is 32.2. The molecule has 0 heterocycles. The second-order valence-electron chi connectivity index (χ2n) is 2.85. The highest BCUT2D eigenvalue weighted by molar-refractivity contribution is 7.98. The Morgan fingerprint density at radius 3 is 2.71 bits per heavy atom. The molecule has 14 heavy (non-hydrogen) atoms. The van der Waals surface area contributed by atoms with Gasteiger partial charge in [-0.3, -0.25) is 10.3 Å². The number of thioether (sulfide) groups is 1. The smallest absolute Gasteiger partial charge is 0.117 e. The minimum Gasteiger partial charge on any atom is -0.394 e. The fourth-order valence-electron chi connectivity index (χ4n) is 0.967. The number of para-hydroxylation sites is 1. The summed E-state index contributed by atoms with van der Waals surface area (Å²) in [5.74, 6) is 0.774. The van der Waals surface area contributed by atoms with Crippen LogP contribution in [0.25, 0.3) is 0 Å². The zero-order valence-electron chi connectivity index (χ0n) is 8.14. The molecule has 0 fully saturated rings. The van der Waals surface area contributed by atoms with Gasteiger partial charge in [-0.15, -0.1) is 0 Å². The fourth-order valence-corrected chi connectivity index (χ4v) is 1.51. The monoisotopic (exact) mass is 213 g/mol. The van der Waals surface area contributed by atoms with Crippen molar-refractivity contribution >= 4 is 17.4 Å². The van der Waals surface area contributed by atoms with E-state index in [4.69, 9.17) is 9.94 Å². The van der Waals surface area contributed by atoms with Crippen molar-refractivity contribution in [2.45, 2.75) is 6.10 Å². The van der Waals surface area contributed by atoms with E-state index in [1.807, 2.05) is 36.6 Å². The van der Waals surface area contributed by atoms with Crippen LogP contribution in [-0.4, -0.2) is 29.8 Å². The zero-order chi connectivity index (χ0) is 10.2. The van der Waals surface area contributed by atoms with Crippen LogP contribution in [0.2, 0.25) is 0 Å². The highest BCUT2D eigenvalue weighted by Gasteiger charge is 2.06. The molecule has 1 rings (SSSR count). The van der Waals surface area contributed by atoms with Crippen LogP contribution < -0.4 is 5.48 Å². The first kappa shape index (κ1) is 11.4. The number of benzene rings is 1. The van der Waals surface area contributed by atoms with Gasteiger partial charge in [0.15, 0.2) is 0 Å². The van der Waals surface area contributed by atoms with Crippen molar-refractivity contribution in [3.63, 3.8) is 0 Å². The third-order valence-electron chi connectivity index (χ3n) is 1.67. The molecule has 0 bridgehead atoms. The van der Waals surface area contributed by atoms with Crippen LogP contribution in [0.15, 0.2) is 30.3 Å². The number of anilines is 1.